The number of nitrogens with zero attached hydrogens (tertiary/aromatic N) is 2. The Morgan fingerprint density at radius 3 is 2.40 bits per heavy atom. The lowest BCUT2D eigenvalue weighted by molar-refractivity contribution is -0.135. The number of carbonyl (C=O) groups is 3. The smallest absolute Gasteiger partial charge is 0.348 e. The van der Waals surface area contributed by atoms with E-state index in [-0.39, 0.29) is 18.5 Å². The topological polar surface area (TPSA) is 79.0 Å². The van der Waals surface area contributed by atoms with Gasteiger partial charge in [0, 0.05) is 36.7 Å². The molecule has 158 valence electrons. The van der Waals surface area contributed by atoms with E-state index in [0.717, 1.165) is 31.4 Å². The Morgan fingerprint density at radius 1 is 0.967 bits per heavy atom. The molecule has 1 aliphatic carbocycles. The van der Waals surface area contributed by atoms with E-state index in [1.54, 1.807) is 9.80 Å². The van der Waals surface area contributed by atoms with Crippen LogP contribution in [0.25, 0.3) is 0 Å². The summed E-state index contributed by atoms with van der Waals surface area (Å²) in [4.78, 5) is 42.3. The van der Waals surface area contributed by atoms with Crippen molar-refractivity contribution in [2.45, 2.75) is 25.7 Å². The van der Waals surface area contributed by atoms with Crippen molar-refractivity contribution < 1.29 is 19.1 Å². The van der Waals surface area contributed by atoms with E-state index < -0.39 is 5.97 Å². The normalized spacial score (nSPS) is 16.0. The fraction of sp³-hybridized carbons (Fsp3) is 0.409. The molecule has 8 heteroatoms. The fourth-order valence-corrected chi connectivity index (χ4v) is 4.91. The van der Waals surface area contributed by atoms with Gasteiger partial charge < -0.3 is 19.9 Å². The number of piperazine rings is 1. The highest BCUT2D eigenvalue weighted by molar-refractivity contribution is 7.14. The number of aryl methyl sites for hydroxylation is 2. The van der Waals surface area contributed by atoms with Gasteiger partial charge in [0.2, 0.25) is 0 Å². The number of hydrogen-bond donors (Lipinski definition) is 1. The van der Waals surface area contributed by atoms with E-state index >= 15 is 0 Å². The molecule has 0 radical (unpaired) electrons. The second kappa shape index (κ2) is 9.30. The molecule has 0 saturated carbocycles. The standard InChI is InChI=1S/C22H25N3O4S/c26-20(15-29-21(27)19-14-16-6-4-5-9-18(16)30-19)24-10-12-25(13-11-24)22(28)23-17-7-2-1-3-8-17/h1-3,7-8,14H,4-6,9-13,15H2,(H,23,28). The molecule has 2 aliphatic rings. The number of hydrogen-bond acceptors (Lipinski definition) is 5. The molecule has 7 nitrogen and oxygen atoms in total. The number of thiophene rings is 1. The molecule has 1 aromatic heterocycles. The Hall–Kier alpha value is -2.87. The molecule has 0 bridgehead atoms. The minimum Gasteiger partial charge on any atom is -0.451 e. The van der Waals surface area contributed by atoms with Crippen LogP contribution in [-0.2, 0) is 22.4 Å². The first kappa shape index (κ1) is 20.4. The van der Waals surface area contributed by atoms with Gasteiger partial charge in [0.25, 0.3) is 5.91 Å². The molecule has 4 rings (SSSR count). The highest BCUT2D eigenvalue weighted by Crippen LogP contribution is 2.30. The number of esters is 1. The van der Waals surface area contributed by atoms with Gasteiger partial charge in [0.05, 0.1) is 0 Å². The summed E-state index contributed by atoms with van der Waals surface area (Å²) < 4.78 is 5.26. The number of ether oxygens (including phenoxy) is 1. The van der Waals surface area contributed by atoms with Crippen LogP contribution in [0.3, 0.4) is 0 Å². The van der Waals surface area contributed by atoms with Crippen molar-refractivity contribution in [2.75, 3.05) is 38.1 Å². The van der Waals surface area contributed by atoms with E-state index in [4.69, 9.17) is 4.74 Å². The van der Waals surface area contributed by atoms with Crippen molar-refractivity contribution in [3.05, 3.63) is 51.7 Å². The molecule has 1 aromatic carbocycles. The summed E-state index contributed by atoms with van der Waals surface area (Å²) >= 11 is 1.48. The Balaban J connectivity index is 1.22. The van der Waals surface area contributed by atoms with Crippen LogP contribution in [-0.4, -0.2) is 60.5 Å². The van der Waals surface area contributed by atoms with E-state index in [1.165, 1.54) is 21.8 Å². The zero-order chi connectivity index (χ0) is 20.9. The van der Waals surface area contributed by atoms with Crippen LogP contribution in [0, 0.1) is 0 Å². The van der Waals surface area contributed by atoms with Gasteiger partial charge in [-0.1, -0.05) is 18.2 Å². The van der Waals surface area contributed by atoms with E-state index in [9.17, 15) is 14.4 Å². The summed E-state index contributed by atoms with van der Waals surface area (Å²) in [7, 11) is 0. The van der Waals surface area contributed by atoms with Gasteiger partial charge in [-0.2, -0.15) is 0 Å². The van der Waals surface area contributed by atoms with Crippen molar-refractivity contribution in [1.29, 1.82) is 0 Å². The number of anilines is 1. The number of carbonyl (C=O) groups excluding carboxylic acids is 3. The fourth-order valence-electron chi connectivity index (χ4n) is 3.76. The number of fused-ring (bicyclic) bond motifs is 1. The van der Waals surface area contributed by atoms with Crippen LogP contribution in [0.15, 0.2) is 36.4 Å². The second-order valence-corrected chi connectivity index (χ2v) is 8.64. The van der Waals surface area contributed by atoms with Crippen molar-refractivity contribution in [3.8, 4) is 0 Å². The van der Waals surface area contributed by atoms with Crippen molar-refractivity contribution >= 4 is 34.9 Å². The Morgan fingerprint density at radius 2 is 1.67 bits per heavy atom. The van der Waals surface area contributed by atoms with Gasteiger partial charge in [-0.25, -0.2) is 9.59 Å². The minimum absolute atomic E-state index is 0.179. The summed E-state index contributed by atoms with van der Waals surface area (Å²) in [6, 6.07) is 11.0. The average molecular weight is 428 g/mol. The number of benzene rings is 1. The van der Waals surface area contributed by atoms with Crippen LogP contribution in [0.1, 0.15) is 33.0 Å². The number of para-hydroxylation sites is 1. The molecular formula is C22H25N3O4S. The molecule has 30 heavy (non-hydrogen) atoms. The van der Waals surface area contributed by atoms with Crippen LogP contribution < -0.4 is 5.32 Å². The monoisotopic (exact) mass is 427 g/mol. The minimum atomic E-state index is -0.427. The SMILES string of the molecule is O=C(OCC(=O)N1CCN(C(=O)Nc2ccccc2)CC1)c1cc2c(s1)CCCC2. The van der Waals surface area contributed by atoms with Crippen molar-refractivity contribution in [1.82, 2.24) is 9.80 Å². The van der Waals surface area contributed by atoms with Gasteiger partial charge in [-0.15, -0.1) is 11.3 Å². The lowest BCUT2D eigenvalue weighted by Crippen LogP contribution is -2.52. The third-order valence-corrected chi connectivity index (χ3v) is 6.69. The first-order valence-electron chi connectivity index (χ1n) is 10.3. The Labute approximate surface area is 179 Å². The highest BCUT2D eigenvalue weighted by Gasteiger charge is 2.25. The van der Waals surface area contributed by atoms with Gasteiger partial charge >= 0.3 is 12.0 Å². The van der Waals surface area contributed by atoms with Gasteiger partial charge in [0.1, 0.15) is 4.88 Å². The van der Waals surface area contributed by atoms with Crippen LogP contribution in [0.2, 0.25) is 0 Å². The van der Waals surface area contributed by atoms with Gasteiger partial charge in [0.15, 0.2) is 6.61 Å². The molecule has 1 saturated heterocycles. The lowest BCUT2D eigenvalue weighted by atomic mass is 9.99. The number of urea groups is 1. The largest absolute Gasteiger partial charge is 0.451 e. The lowest BCUT2D eigenvalue weighted by Gasteiger charge is -2.34. The molecule has 2 heterocycles. The van der Waals surface area contributed by atoms with Crippen molar-refractivity contribution in [3.63, 3.8) is 0 Å². The summed E-state index contributed by atoms with van der Waals surface area (Å²) in [5.41, 5.74) is 1.98. The average Bonchev–Trinajstić information content (AvgIpc) is 3.22. The Bertz CT molecular complexity index is 896. The predicted octanol–water partition coefficient (Wildman–Crippen LogP) is 3.16. The van der Waals surface area contributed by atoms with E-state index in [0.29, 0.717) is 31.1 Å². The first-order valence-corrected chi connectivity index (χ1v) is 11.1. The van der Waals surface area contributed by atoms with E-state index in [1.807, 2.05) is 36.4 Å². The Kier molecular flexibility index (Phi) is 6.32. The van der Waals surface area contributed by atoms with Crippen LogP contribution in [0.5, 0.6) is 0 Å². The quantitative estimate of drug-likeness (QED) is 0.761. The maximum atomic E-state index is 12.4. The molecule has 0 atom stereocenters. The first-order chi connectivity index (χ1) is 14.6. The van der Waals surface area contributed by atoms with E-state index in [2.05, 4.69) is 5.32 Å². The highest BCUT2D eigenvalue weighted by atomic mass is 32.1. The van der Waals surface area contributed by atoms with Gasteiger partial charge in [-0.3, -0.25) is 4.79 Å². The summed E-state index contributed by atoms with van der Waals surface area (Å²) in [6.07, 6.45) is 4.36. The van der Waals surface area contributed by atoms with Crippen LogP contribution in [0.4, 0.5) is 10.5 Å². The molecule has 2 aromatic rings. The maximum Gasteiger partial charge on any atom is 0.348 e. The molecule has 1 aliphatic heterocycles. The number of rotatable bonds is 4. The number of amides is 3. The molecule has 3 amide bonds. The number of nitrogens with one attached hydrogen (secondary N) is 1. The molecule has 0 unspecified atom stereocenters. The zero-order valence-electron chi connectivity index (χ0n) is 16.8. The summed E-state index contributed by atoms with van der Waals surface area (Å²) in [5, 5.41) is 2.85. The third-order valence-electron chi connectivity index (χ3n) is 5.47. The third kappa shape index (κ3) is 4.81. The van der Waals surface area contributed by atoms with Crippen molar-refractivity contribution in [2.24, 2.45) is 0 Å². The second-order valence-electron chi connectivity index (χ2n) is 7.51. The predicted molar refractivity (Wildman–Crippen MR) is 115 cm³/mol. The zero-order valence-corrected chi connectivity index (χ0v) is 17.6. The van der Waals surface area contributed by atoms with Gasteiger partial charge in [-0.05, 0) is 49.4 Å². The van der Waals surface area contributed by atoms with Crippen LogP contribution >= 0.6 is 11.3 Å². The summed E-state index contributed by atoms with van der Waals surface area (Å²) in [5.74, 6) is -0.656. The summed E-state index contributed by atoms with van der Waals surface area (Å²) in [6.45, 7) is 1.46. The molecular weight excluding hydrogens is 402 g/mol. The molecule has 1 fully saturated rings. The molecule has 0 spiro atoms. The maximum absolute atomic E-state index is 12.4. The molecule has 1 N–H and O–H groups in total.